The Labute approximate surface area is 311 Å². The highest BCUT2D eigenvalue weighted by atomic mass is 15.1. The SMILES string of the molecule is c1ccc(-c2ccc(N(c3ccc(-c4ccccc4)cc3)c3ccc(-c4ccc(-c5cccc(-c6ccc7ccccc7c6)c5)cc4)cc3)cc2)cc1. The van der Waals surface area contributed by atoms with Gasteiger partial charge in [0.1, 0.15) is 0 Å². The Hall–Kier alpha value is -6.96. The smallest absolute Gasteiger partial charge is 0.0462 e. The molecule has 0 spiro atoms. The average Bonchev–Trinajstić information content (AvgIpc) is 3.25. The third kappa shape index (κ3) is 6.77. The second-order valence-electron chi connectivity index (χ2n) is 13.4. The molecule has 0 saturated carbocycles. The van der Waals surface area contributed by atoms with Crippen LogP contribution in [-0.2, 0) is 0 Å². The van der Waals surface area contributed by atoms with Crippen molar-refractivity contribution in [2.45, 2.75) is 0 Å². The lowest BCUT2D eigenvalue weighted by Crippen LogP contribution is -2.09. The lowest BCUT2D eigenvalue weighted by atomic mass is 9.96. The second-order valence-corrected chi connectivity index (χ2v) is 13.4. The van der Waals surface area contributed by atoms with E-state index in [1.54, 1.807) is 0 Å². The molecule has 0 fully saturated rings. The molecule has 0 radical (unpaired) electrons. The van der Waals surface area contributed by atoms with Gasteiger partial charge in [-0.25, -0.2) is 0 Å². The first-order valence-electron chi connectivity index (χ1n) is 18.2. The number of anilines is 3. The molecule has 0 atom stereocenters. The molecular weight excluding hydrogens is 639 g/mol. The third-order valence-electron chi connectivity index (χ3n) is 10.1. The summed E-state index contributed by atoms with van der Waals surface area (Å²) in [5.41, 5.74) is 15.4. The fourth-order valence-corrected chi connectivity index (χ4v) is 7.22. The summed E-state index contributed by atoms with van der Waals surface area (Å²) in [5, 5.41) is 2.52. The topological polar surface area (TPSA) is 3.24 Å². The van der Waals surface area contributed by atoms with Gasteiger partial charge in [-0.2, -0.15) is 0 Å². The summed E-state index contributed by atoms with van der Waals surface area (Å²) >= 11 is 0. The van der Waals surface area contributed by atoms with Gasteiger partial charge in [-0.3, -0.25) is 0 Å². The van der Waals surface area contributed by atoms with E-state index >= 15 is 0 Å². The van der Waals surface area contributed by atoms with E-state index in [9.17, 15) is 0 Å². The van der Waals surface area contributed by atoms with Crippen LogP contribution in [0.4, 0.5) is 17.1 Å². The van der Waals surface area contributed by atoms with Crippen molar-refractivity contribution in [1.29, 1.82) is 0 Å². The quantitative estimate of drug-likeness (QED) is 0.155. The van der Waals surface area contributed by atoms with Crippen LogP contribution in [0, 0.1) is 0 Å². The zero-order valence-electron chi connectivity index (χ0n) is 29.3. The molecule has 0 saturated heterocycles. The van der Waals surface area contributed by atoms with Crippen LogP contribution in [0.1, 0.15) is 0 Å². The largest absolute Gasteiger partial charge is 0.311 e. The molecule has 9 aromatic rings. The van der Waals surface area contributed by atoms with Gasteiger partial charge in [0.15, 0.2) is 0 Å². The van der Waals surface area contributed by atoms with Crippen LogP contribution in [0.5, 0.6) is 0 Å². The summed E-state index contributed by atoms with van der Waals surface area (Å²) in [5.74, 6) is 0. The summed E-state index contributed by atoms with van der Waals surface area (Å²) in [7, 11) is 0. The molecule has 9 rings (SSSR count). The molecule has 0 aromatic heterocycles. The van der Waals surface area contributed by atoms with Crippen LogP contribution in [0.2, 0.25) is 0 Å². The zero-order chi connectivity index (χ0) is 35.4. The minimum absolute atomic E-state index is 1.11. The normalized spacial score (nSPS) is 11.0. The molecule has 0 aliphatic carbocycles. The van der Waals surface area contributed by atoms with Crippen molar-refractivity contribution in [2.24, 2.45) is 0 Å². The molecule has 0 amide bonds. The molecule has 0 unspecified atom stereocenters. The Bertz CT molecular complexity index is 2520. The van der Waals surface area contributed by atoms with Crippen molar-refractivity contribution in [3.8, 4) is 55.6 Å². The monoisotopic (exact) mass is 675 g/mol. The van der Waals surface area contributed by atoms with E-state index in [4.69, 9.17) is 0 Å². The van der Waals surface area contributed by atoms with Crippen LogP contribution in [0.15, 0.2) is 224 Å². The minimum Gasteiger partial charge on any atom is -0.311 e. The maximum absolute atomic E-state index is 2.33. The van der Waals surface area contributed by atoms with Crippen LogP contribution in [0.25, 0.3) is 66.4 Å². The van der Waals surface area contributed by atoms with Gasteiger partial charge in [0.05, 0.1) is 0 Å². The molecule has 0 heterocycles. The van der Waals surface area contributed by atoms with Crippen molar-refractivity contribution in [3.05, 3.63) is 224 Å². The molecule has 0 bridgehead atoms. The van der Waals surface area contributed by atoms with Gasteiger partial charge in [0, 0.05) is 17.1 Å². The fraction of sp³-hybridized carbons (Fsp3) is 0. The highest BCUT2D eigenvalue weighted by molar-refractivity contribution is 5.88. The Morgan fingerprint density at radius 3 is 0.962 bits per heavy atom. The standard InChI is InChI=1S/C52H37N/c1-3-10-38(11-4-1)42-24-30-50(31-25-42)53(51-32-26-43(27-33-51)39-12-5-2-6-13-39)52-34-28-44(29-35-52)41-18-20-45(21-19-41)47-16-9-17-48(36-47)49-23-22-40-14-7-8-15-46(40)37-49/h1-37H. The first-order chi connectivity index (χ1) is 26.2. The van der Waals surface area contributed by atoms with E-state index in [2.05, 4.69) is 229 Å². The Morgan fingerprint density at radius 1 is 0.189 bits per heavy atom. The summed E-state index contributed by atoms with van der Waals surface area (Å²) < 4.78 is 0. The molecule has 1 heteroatoms. The lowest BCUT2D eigenvalue weighted by Gasteiger charge is -2.26. The highest BCUT2D eigenvalue weighted by Crippen LogP contribution is 2.38. The molecule has 0 N–H and O–H groups in total. The minimum atomic E-state index is 1.11. The van der Waals surface area contributed by atoms with Crippen molar-refractivity contribution < 1.29 is 0 Å². The van der Waals surface area contributed by atoms with E-state index in [0.29, 0.717) is 0 Å². The van der Waals surface area contributed by atoms with Gasteiger partial charge in [-0.1, -0.05) is 176 Å². The van der Waals surface area contributed by atoms with Gasteiger partial charge >= 0.3 is 0 Å². The van der Waals surface area contributed by atoms with Gasteiger partial charge in [0.2, 0.25) is 0 Å². The van der Waals surface area contributed by atoms with Crippen LogP contribution >= 0.6 is 0 Å². The summed E-state index contributed by atoms with van der Waals surface area (Å²) in [4.78, 5) is 2.33. The Balaban J connectivity index is 0.996. The van der Waals surface area contributed by atoms with Gasteiger partial charge in [-0.15, -0.1) is 0 Å². The summed E-state index contributed by atoms with van der Waals surface area (Å²) in [6.45, 7) is 0. The first kappa shape index (κ1) is 32.0. The third-order valence-corrected chi connectivity index (χ3v) is 10.1. The lowest BCUT2D eigenvalue weighted by molar-refractivity contribution is 1.28. The van der Waals surface area contributed by atoms with E-state index in [-0.39, 0.29) is 0 Å². The van der Waals surface area contributed by atoms with Crippen molar-refractivity contribution in [1.82, 2.24) is 0 Å². The number of nitrogens with zero attached hydrogens (tertiary/aromatic N) is 1. The number of fused-ring (bicyclic) bond motifs is 1. The summed E-state index contributed by atoms with van der Waals surface area (Å²) in [6, 6.07) is 80.7. The average molecular weight is 676 g/mol. The fourth-order valence-electron chi connectivity index (χ4n) is 7.22. The van der Waals surface area contributed by atoms with E-state index in [1.807, 2.05) is 0 Å². The number of benzene rings is 9. The van der Waals surface area contributed by atoms with Crippen LogP contribution < -0.4 is 4.90 Å². The van der Waals surface area contributed by atoms with Crippen molar-refractivity contribution in [3.63, 3.8) is 0 Å². The second kappa shape index (κ2) is 14.3. The van der Waals surface area contributed by atoms with E-state index in [0.717, 1.165) is 17.1 Å². The predicted octanol–water partition coefficient (Wildman–Crippen LogP) is 14.6. The summed E-state index contributed by atoms with van der Waals surface area (Å²) in [6.07, 6.45) is 0. The van der Waals surface area contributed by atoms with Crippen molar-refractivity contribution in [2.75, 3.05) is 4.90 Å². The van der Waals surface area contributed by atoms with Gasteiger partial charge in [-0.05, 0) is 115 Å². The molecule has 53 heavy (non-hydrogen) atoms. The Morgan fingerprint density at radius 2 is 0.491 bits per heavy atom. The van der Waals surface area contributed by atoms with E-state index in [1.165, 1.54) is 66.4 Å². The molecule has 9 aromatic carbocycles. The van der Waals surface area contributed by atoms with Gasteiger partial charge < -0.3 is 4.90 Å². The van der Waals surface area contributed by atoms with Crippen molar-refractivity contribution >= 4 is 27.8 Å². The number of hydrogen-bond donors (Lipinski definition) is 0. The molecular formula is C52H37N. The van der Waals surface area contributed by atoms with Crippen LogP contribution in [0.3, 0.4) is 0 Å². The molecule has 250 valence electrons. The number of rotatable bonds is 8. The predicted molar refractivity (Wildman–Crippen MR) is 226 cm³/mol. The van der Waals surface area contributed by atoms with Crippen LogP contribution in [-0.4, -0.2) is 0 Å². The first-order valence-corrected chi connectivity index (χ1v) is 18.2. The zero-order valence-corrected chi connectivity index (χ0v) is 29.3. The number of hydrogen-bond acceptors (Lipinski definition) is 1. The van der Waals surface area contributed by atoms with Gasteiger partial charge in [0.25, 0.3) is 0 Å². The molecule has 0 aliphatic rings. The maximum atomic E-state index is 2.33. The Kier molecular flexibility index (Phi) is 8.66. The highest BCUT2D eigenvalue weighted by Gasteiger charge is 2.14. The molecule has 0 aliphatic heterocycles. The van der Waals surface area contributed by atoms with E-state index < -0.39 is 0 Å². The maximum Gasteiger partial charge on any atom is 0.0462 e. The molecule has 1 nitrogen and oxygen atoms in total.